The minimum absolute atomic E-state index is 0.344. The number of benzene rings is 1. The highest BCUT2D eigenvalue weighted by molar-refractivity contribution is 5.32. The summed E-state index contributed by atoms with van der Waals surface area (Å²) in [6, 6.07) is 8.30. The van der Waals surface area contributed by atoms with E-state index in [-0.39, 0.29) is 0 Å². The predicted molar refractivity (Wildman–Crippen MR) is 94.9 cm³/mol. The normalized spacial score (nSPS) is 14.0. The highest BCUT2D eigenvalue weighted by Crippen LogP contribution is 2.18. The molecule has 2 atom stereocenters. The van der Waals surface area contributed by atoms with Crippen LogP contribution < -0.4 is 4.74 Å². The number of aliphatic hydroxyl groups is 1. The fraction of sp³-hybridized carbons (Fsp3) is 0.684. The molecular weight excluding hydrogens is 290 g/mol. The van der Waals surface area contributed by atoms with Crippen LogP contribution in [0.1, 0.15) is 45.6 Å². The maximum absolute atomic E-state index is 10.3. The molecule has 0 unspecified atom stereocenters. The molecule has 23 heavy (non-hydrogen) atoms. The SMILES string of the molecule is CCCCN(C[C@H](O)COCc1ccccc1OC)[C@@H](C)CC. The van der Waals surface area contributed by atoms with E-state index in [0.29, 0.717) is 25.8 Å². The van der Waals surface area contributed by atoms with Gasteiger partial charge in [-0.3, -0.25) is 4.90 Å². The third-order valence-electron chi connectivity index (χ3n) is 4.22. The van der Waals surface area contributed by atoms with E-state index in [1.165, 1.54) is 12.8 Å². The molecule has 1 aromatic carbocycles. The summed E-state index contributed by atoms with van der Waals surface area (Å²) in [6.45, 7) is 9.11. The van der Waals surface area contributed by atoms with E-state index < -0.39 is 6.10 Å². The van der Waals surface area contributed by atoms with Crippen LogP contribution in [-0.4, -0.2) is 49.0 Å². The lowest BCUT2D eigenvalue weighted by Gasteiger charge is -2.30. The first kappa shape index (κ1) is 19.9. The topological polar surface area (TPSA) is 41.9 Å². The molecule has 1 aromatic rings. The quantitative estimate of drug-likeness (QED) is 0.639. The van der Waals surface area contributed by atoms with Gasteiger partial charge in [-0.2, -0.15) is 0 Å². The van der Waals surface area contributed by atoms with Gasteiger partial charge in [-0.15, -0.1) is 0 Å². The molecule has 132 valence electrons. The standard InChI is InChI=1S/C19H33NO3/c1-5-7-12-20(16(3)6-2)13-18(21)15-23-14-17-10-8-9-11-19(17)22-4/h8-11,16,18,21H,5-7,12-15H2,1-4H3/t16-,18-/m0/s1. The molecule has 0 aliphatic rings. The average Bonchev–Trinajstić information content (AvgIpc) is 2.58. The van der Waals surface area contributed by atoms with E-state index in [4.69, 9.17) is 9.47 Å². The Hall–Kier alpha value is -1.10. The monoisotopic (exact) mass is 323 g/mol. The summed E-state index contributed by atoms with van der Waals surface area (Å²) in [4.78, 5) is 2.36. The second kappa shape index (κ2) is 11.4. The molecule has 0 amide bonds. The van der Waals surface area contributed by atoms with Crippen LogP contribution >= 0.6 is 0 Å². The zero-order valence-corrected chi connectivity index (χ0v) is 15.1. The maximum Gasteiger partial charge on any atom is 0.124 e. The Kier molecular flexibility index (Phi) is 9.92. The van der Waals surface area contributed by atoms with Crippen LogP contribution in [0.25, 0.3) is 0 Å². The number of unbranched alkanes of at least 4 members (excludes halogenated alkanes) is 1. The maximum atomic E-state index is 10.3. The van der Waals surface area contributed by atoms with Crippen LogP contribution in [0, 0.1) is 0 Å². The summed E-state index contributed by atoms with van der Waals surface area (Å²) in [7, 11) is 1.66. The van der Waals surface area contributed by atoms with Crippen molar-refractivity contribution in [2.24, 2.45) is 0 Å². The Morgan fingerprint density at radius 2 is 1.96 bits per heavy atom. The summed E-state index contributed by atoms with van der Waals surface area (Å²) in [5, 5.41) is 10.3. The summed E-state index contributed by atoms with van der Waals surface area (Å²) in [5.74, 6) is 0.825. The molecule has 0 saturated heterocycles. The molecule has 4 heteroatoms. The van der Waals surface area contributed by atoms with E-state index in [9.17, 15) is 5.11 Å². The van der Waals surface area contributed by atoms with Crippen molar-refractivity contribution in [1.82, 2.24) is 4.90 Å². The first-order chi connectivity index (χ1) is 11.1. The van der Waals surface area contributed by atoms with Crippen LogP contribution in [-0.2, 0) is 11.3 Å². The van der Waals surface area contributed by atoms with Crippen LogP contribution in [0.15, 0.2) is 24.3 Å². The molecule has 0 aliphatic heterocycles. The average molecular weight is 323 g/mol. The predicted octanol–water partition coefficient (Wildman–Crippen LogP) is 3.47. The Morgan fingerprint density at radius 1 is 1.22 bits per heavy atom. The van der Waals surface area contributed by atoms with Gasteiger partial charge in [-0.25, -0.2) is 0 Å². The molecule has 0 aliphatic carbocycles. The number of hydrogen-bond acceptors (Lipinski definition) is 4. The van der Waals surface area contributed by atoms with Gasteiger partial charge >= 0.3 is 0 Å². The van der Waals surface area contributed by atoms with Crippen LogP contribution in [0.5, 0.6) is 5.75 Å². The minimum atomic E-state index is -0.462. The molecule has 0 saturated carbocycles. The molecule has 0 spiro atoms. The fourth-order valence-corrected chi connectivity index (χ4v) is 2.56. The molecule has 0 bridgehead atoms. The number of methoxy groups -OCH3 is 1. The van der Waals surface area contributed by atoms with Crippen molar-refractivity contribution in [2.45, 2.75) is 58.8 Å². The van der Waals surface area contributed by atoms with E-state index >= 15 is 0 Å². The second-order valence-corrected chi connectivity index (χ2v) is 6.09. The zero-order valence-electron chi connectivity index (χ0n) is 15.1. The Morgan fingerprint density at radius 3 is 2.61 bits per heavy atom. The van der Waals surface area contributed by atoms with Gasteiger partial charge in [0, 0.05) is 18.2 Å². The van der Waals surface area contributed by atoms with Crippen LogP contribution in [0.2, 0.25) is 0 Å². The van der Waals surface area contributed by atoms with Gasteiger partial charge in [0.05, 0.1) is 26.4 Å². The lowest BCUT2D eigenvalue weighted by atomic mass is 10.1. The van der Waals surface area contributed by atoms with Crippen molar-refractivity contribution in [3.05, 3.63) is 29.8 Å². The Bertz CT molecular complexity index is 425. The van der Waals surface area contributed by atoms with Gasteiger partial charge < -0.3 is 14.6 Å². The number of aliphatic hydroxyl groups excluding tert-OH is 1. The first-order valence-electron chi connectivity index (χ1n) is 8.74. The van der Waals surface area contributed by atoms with Crippen molar-refractivity contribution >= 4 is 0 Å². The van der Waals surface area contributed by atoms with E-state index in [0.717, 1.165) is 24.3 Å². The van der Waals surface area contributed by atoms with Gasteiger partial charge in [-0.1, -0.05) is 38.5 Å². The molecule has 0 aromatic heterocycles. The smallest absolute Gasteiger partial charge is 0.124 e. The number of nitrogens with zero attached hydrogens (tertiary/aromatic N) is 1. The van der Waals surface area contributed by atoms with Crippen molar-refractivity contribution in [1.29, 1.82) is 0 Å². The summed E-state index contributed by atoms with van der Waals surface area (Å²) in [6.07, 6.45) is 2.97. The molecule has 0 radical (unpaired) electrons. The van der Waals surface area contributed by atoms with E-state index in [1.807, 2.05) is 24.3 Å². The largest absolute Gasteiger partial charge is 0.496 e. The number of ether oxygens (including phenoxy) is 2. The van der Waals surface area contributed by atoms with Gasteiger partial charge in [0.25, 0.3) is 0 Å². The van der Waals surface area contributed by atoms with Crippen molar-refractivity contribution < 1.29 is 14.6 Å². The van der Waals surface area contributed by atoms with Crippen LogP contribution in [0.4, 0.5) is 0 Å². The lowest BCUT2D eigenvalue weighted by Crippen LogP contribution is -2.40. The second-order valence-electron chi connectivity index (χ2n) is 6.09. The van der Waals surface area contributed by atoms with Crippen molar-refractivity contribution in [2.75, 3.05) is 26.8 Å². The molecule has 1 N–H and O–H groups in total. The Labute approximate surface area is 141 Å². The van der Waals surface area contributed by atoms with Gasteiger partial charge in [0.15, 0.2) is 0 Å². The zero-order chi connectivity index (χ0) is 17.1. The molecule has 0 fully saturated rings. The molecule has 4 nitrogen and oxygen atoms in total. The third-order valence-corrected chi connectivity index (χ3v) is 4.22. The molecular formula is C19H33NO3. The van der Waals surface area contributed by atoms with Gasteiger partial charge in [-0.05, 0) is 32.4 Å². The number of rotatable bonds is 12. The summed E-state index contributed by atoms with van der Waals surface area (Å²) in [5.41, 5.74) is 1.01. The van der Waals surface area contributed by atoms with Gasteiger partial charge in [0.1, 0.15) is 5.75 Å². The molecule has 1 rings (SSSR count). The van der Waals surface area contributed by atoms with Gasteiger partial charge in [0.2, 0.25) is 0 Å². The van der Waals surface area contributed by atoms with E-state index in [1.54, 1.807) is 7.11 Å². The third kappa shape index (κ3) is 7.34. The van der Waals surface area contributed by atoms with Crippen molar-refractivity contribution in [3.63, 3.8) is 0 Å². The number of para-hydroxylation sites is 1. The minimum Gasteiger partial charge on any atom is -0.496 e. The highest BCUT2D eigenvalue weighted by Gasteiger charge is 2.16. The number of hydrogen-bond donors (Lipinski definition) is 1. The van der Waals surface area contributed by atoms with E-state index in [2.05, 4.69) is 25.7 Å². The van der Waals surface area contributed by atoms with Crippen molar-refractivity contribution in [3.8, 4) is 5.75 Å². The fourth-order valence-electron chi connectivity index (χ4n) is 2.56. The Balaban J connectivity index is 2.40. The lowest BCUT2D eigenvalue weighted by molar-refractivity contribution is 0.00259. The molecule has 0 heterocycles. The highest BCUT2D eigenvalue weighted by atomic mass is 16.5. The van der Waals surface area contributed by atoms with Crippen LogP contribution in [0.3, 0.4) is 0 Å². The summed E-state index contributed by atoms with van der Waals surface area (Å²) >= 11 is 0. The first-order valence-corrected chi connectivity index (χ1v) is 8.74. The summed E-state index contributed by atoms with van der Waals surface area (Å²) < 4.78 is 11.0.